The van der Waals surface area contributed by atoms with Crippen LogP contribution < -0.4 is 5.32 Å². The van der Waals surface area contributed by atoms with Crippen LogP contribution in [0.1, 0.15) is 15.9 Å². The summed E-state index contributed by atoms with van der Waals surface area (Å²) in [5, 5.41) is 14.0. The van der Waals surface area contributed by atoms with Gasteiger partial charge in [0.15, 0.2) is 0 Å². The standard InChI is InChI=1S/C18H21N5O3/c1-19-16-3-2-15(12-17(16)23(25)26)18(24)22-10-8-21(9-11-22)13-14-4-6-20-7-5-14/h2-7,12,19H,8-11,13H2,1H3. The minimum Gasteiger partial charge on any atom is -0.383 e. The van der Waals surface area contributed by atoms with Gasteiger partial charge in [0.05, 0.1) is 4.92 Å². The highest BCUT2D eigenvalue weighted by Gasteiger charge is 2.24. The molecule has 1 saturated heterocycles. The molecule has 136 valence electrons. The van der Waals surface area contributed by atoms with Gasteiger partial charge < -0.3 is 10.2 Å². The number of hydrogen-bond donors (Lipinski definition) is 1. The summed E-state index contributed by atoms with van der Waals surface area (Å²) in [5.41, 5.74) is 1.85. The maximum absolute atomic E-state index is 12.7. The van der Waals surface area contributed by atoms with E-state index in [0.29, 0.717) is 24.3 Å². The Morgan fingerprint density at radius 1 is 1.19 bits per heavy atom. The molecule has 1 N–H and O–H groups in total. The van der Waals surface area contributed by atoms with Gasteiger partial charge in [-0.3, -0.25) is 24.8 Å². The average molecular weight is 355 g/mol. The number of nitrogens with zero attached hydrogens (tertiary/aromatic N) is 4. The topological polar surface area (TPSA) is 91.6 Å². The molecule has 1 aliphatic heterocycles. The van der Waals surface area contributed by atoms with Crippen molar-refractivity contribution in [3.63, 3.8) is 0 Å². The Balaban J connectivity index is 1.63. The zero-order chi connectivity index (χ0) is 18.5. The molecule has 2 aromatic rings. The number of benzene rings is 1. The molecule has 0 spiro atoms. The summed E-state index contributed by atoms with van der Waals surface area (Å²) in [4.78, 5) is 31.4. The third-order valence-corrected chi connectivity index (χ3v) is 4.53. The van der Waals surface area contributed by atoms with Crippen molar-refractivity contribution in [2.75, 3.05) is 38.5 Å². The number of carbonyl (C=O) groups is 1. The fourth-order valence-corrected chi connectivity index (χ4v) is 3.07. The van der Waals surface area contributed by atoms with Crippen LogP contribution in [0.4, 0.5) is 11.4 Å². The van der Waals surface area contributed by atoms with Gasteiger partial charge in [-0.15, -0.1) is 0 Å². The summed E-state index contributed by atoms with van der Waals surface area (Å²) in [7, 11) is 1.62. The summed E-state index contributed by atoms with van der Waals surface area (Å²) >= 11 is 0. The van der Waals surface area contributed by atoms with Crippen molar-refractivity contribution in [2.24, 2.45) is 0 Å². The maximum Gasteiger partial charge on any atom is 0.293 e. The number of anilines is 1. The first-order chi connectivity index (χ1) is 12.6. The first kappa shape index (κ1) is 17.8. The van der Waals surface area contributed by atoms with Crippen LogP contribution in [0.15, 0.2) is 42.7 Å². The number of nitro benzene ring substituents is 1. The van der Waals surface area contributed by atoms with Crippen molar-refractivity contribution in [3.8, 4) is 0 Å². The van der Waals surface area contributed by atoms with Crippen LogP contribution >= 0.6 is 0 Å². The molecule has 26 heavy (non-hydrogen) atoms. The lowest BCUT2D eigenvalue weighted by Crippen LogP contribution is -2.48. The van der Waals surface area contributed by atoms with Crippen LogP contribution in [-0.2, 0) is 6.54 Å². The Morgan fingerprint density at radius 3 is 2.50 bits per heavy atom. The molecule has 8 nitrogen and oxygen atoms in total. The van der Waals surface area contributed by atoms with E-state index in [1.807, 2.05) is 12.1 Å². The molecule has 1 amide bonds. The second-order valence-corrected chi connectivity index (χ2v) is 6.16. The van der Waals surface area contributed by atoms with E-state index in [-0.39, 0.29) is 11.6 Å². The Morgan fingerprint density at radius 2 is 1.88 bits per heavy atom. The quantitative estimate of drug-likeness (QED) is 0.651. The second-order valence-electron chi connectivity index (χ2n) is 6.16. The van der Waals surface area contributed by atoms with Gasteiger partial charge in [-0.05, 0) is 29.8 Å². The van der Waals surface area contributed by atoms with E-state index in [0.717, 1.165) is 19.6 Å². The van der Waals surface area contributed by atoms with Crippen molar-refractivity contribution in [1.82, 2.24) is 14.8 Å². The van der Waals surface area contributed by atoms with Crippen molar-refractivity contribution >= 4 is 17.3 Å². The van der Waals surface area contributed by atoms with Gasteiger partial charge in [0, 0.05) is 63.8 Å². The van der Waals surface area contributed by atoms with Crippen LogP contribution in [0.5, 0.6) is 0 Å². The van der Waals surface area contributed by atoms with Crippen molar-refractivity contribution in [3.05, 3.63) is 64.0 Å². The maximum atomic E-state index is 12.7. The van der Waals surface area contributed by atoms with E-state index >= 15 is 0 Å². The van der Waals surface area contributed by atoms with Crippen LogP contribution in [-0.4, -0.2) is 58.8 Å². The third-order valence-electron chi connectivity index (χ3n) is 4.53. The van der Waals surface area contributed by atoms with Crippen molar-refractivity contribution in [1.29, 1.82) is 0 Å². The molecule has 1 aliphatic rings. The number of amides is 1. The van der Waals surface area contributed by atoms with Crippen LogP contribution in [0, 0.1) is 10.1 Å². The fraction of sp³-hybridized carbons (Fsp3) is 0.333. The lowest BCUT2D eigenvalue weighted by molar-refractivity contribution is -0.384. The van der Waals surface area contributed by atoms with Gasteiger partial charge in [-0.1, -0.05) is 0 Å². The number of nitro groups is 1. The highest BCUT2D eigenvalue weighted by molar-refractivity contribution is 5.95. The molecule has 0 radical (unpaired) electrons. The van der Waals surface area contributed by atoms with Crippen LogP contribution in [0.2, 0.25) is 0 Å². The number of aromatic nitrogens is 1. The molecular formula is C18H21N5O3. The van der Waals surface area contributed by atoms with E-state index < -0.39 is 4.92 Å². The Bertz CT molecular complexity index is 789. The monoisotopic (exact) mass is 355 g/mol. The van der Waals surface area contributed by atoms with Crippen molar-refractivity contribution in [2.45, 2.75) is 6.54 Å². The predicted octanol–water partition coefficient (Wildman–Crippen LogP) is 1.99. The lowest BCUT2D eigenvalue weighted by Gasteiger charge is -2.34. The Kier molecular flexibility index (Phi) is 5.43. The normalized spacial score (nSPS) is 14.9. The number of nitrogens with one attached hydrogen (secondary N) is 1. The Labute approximate surface area is 151 Å². The smallest absolute Gasteiger partial charge is 0.293 e. The second kappa shape index (κ2) is 7.92. The first-order valence-electron chi connectivity index (χ1n) is 8.45. The largest absolute Gasteiger partial charge is 0.383 e. The van der Waals surface area contributed by atoms with Gasteiger partial charge in [0.2, 0.25) is 0 Å². The lowest BCUT2D eigenvalue weighted by atomic mass is 10.1. The summed E-state index contributed by atoms with van der Waals surface area (Å²) in [6, 6.07) is 8.52. The molecule has 2 heterocycles. The summed E-state index contributed by atoms with van der Waals surface area (Å²) < 4.78 is 0. The number of piperazine rings is 1. The zero-order valence-electron chi connectivity index (χ0n) is 14.6. The van der Waals surface area contributed by atoms with Gasteiger partial charge in [0.25, 0.3) is 11.6 Å². The van der Waals surface area contributed by atoms with E-state index in [9.17, 15) is 14.9 Å². The van der Waals surface area contributed by atoms with E-state index in [2.05, 4.69) is 15.2 Å². The summed E-state index contributed by atoms with van der Waals surface area (Å²) in [5.74, 6) is -0.167. The van der Waals surface area contributed by atoms with Crippen molar-refractivity contribution < 1.29 is 9.72 Å². The molecule has 8 heteroatoms. The highest BCUT2D eigenvalue weighted by Crippen LogP contribution is 2.26. The molecular weight excluding hydrogens is 334 g/mol. The number of carbonyl (C=O) groups excluding carboxylic acids is 1. The summed E-state index contributed by atoms with van der Waals surface area (Å²) in [6.45, 7) is 3.57. The highest BCUT2D eigenvalue weighted by atomic mass is 16.6. The van der Waals surface area contributed by atoms with E-state index in [1.54, 1.807) is 36.5 Å². The molecule has 1 aromatic heterocycles. The molecule has 1 aromatic carbocycles. The zero-order valence-corrected chi connectivity index (χ0v) is 14.6. The minimum absolute atomic E-state index is 0.0883. The third kappa shape index (κ3) is 3.97. The average Bonchev–Trinajstić information content (AvgIpc) is 2.68. The molecule has 0 saturated carbocycles. The van der Waals surface area contributed by atoms with Crippen LogP contribution in [0.25, 0.3) is 0 Å². The van der Waals surface area contributed by atoms with E-state index in [4.69, 9.17) is 0 Å². The molecule has 0 atom stereocenters. The molecule has 0 aliphatic carbocycles. The van der Waals surface area contributed by atoms with Gasteiger partial charge in [0.1, 0.15) is 5.69 Å². The summed E-state index contributed by atoms with van der Waals surface area (Å²) in [6.07, 6.45) is 3.55. The molecule has 1 fully saturated rings. The number of hydrogen-bond acceptors (Lipinski definition) is 6. The molecule has 0 bridgehead atoms. The van der Waals surface area contributed by atoms with Gasteiger partial charge >= 0.3 is 0 Å². The Hall–Kier alpha value is -3.00. The molecule has 0 unspecified atom stereocenters. The first-order valence-corrected chi connectivity index (χ1v) is 8.45. The number of rotatable bonds is 5. The minimum atomic E-state index is -0.477. The van der Waals surface area contributed by atoms with Gasteiger partial charge in [-0.25, -0.2) is 0 Å². The SMILES string of the molecule is CNc1ccc(C(=O)N2CCN(Cc3ccncc3)CC2)cc1[N+](=O)[O-]. The predicted molar refractivity (Wildman–Crippen MR) is 98.1 cm³/mol. The van der Waals surface area contributed by atoms with Crippen LogP contribution in [0.3, 0.4) is 0 Å². The van der Waals surface area contributed by atoms with E-state index in [1.165, 1.54) is 11.6 Å². The number of pyridine rings is 1. The molecule has 3 rings (SSSR count). The fourth-order valence-electron chi connectivity index (χ4n) is 3.07. The van der Waals surface area contributed by atoms with Gasteiger partial charge in [-0.2, -0.15) is 0 Å².